The zero-order valence-electron chi connectivity index (χ0n) is 16.5. The topological polar surface area (TPSA) is 99.6 Å². The van der Waals surface area contributed by atoms with Crippen LogP contribution in [-0.2, 0) is 9.53 Å². The van der Waals surface area contributed by atoms with Gasteiger partial charge in [0.2, 0.25) is 10.7 Å². The lowest BCUT2D eigenvalue weighted by Gasteiger charge is -2.11. The van der Waals surface area contributed by atoms with Crippen molar-refractivity contribution in [1.29, 1.82) is 0 Å². The van der Waals surface area contributed by atoms with E-state index in [9.17, 15) is 9.59 Å². The van der Waals surface area contributed by atoms with Crippen molar-refractivity contribution in [2.75, 3.05) is 12.8 Å². The number of nitrogens with zero attached hydrogens (tertiary/aromatic N) is 3. The highest BCUT2D eigenvalue weighted by atomic mass is 32.1. The van der Waals surface area contributed by atoms with Crippen LogP contribution in [0.5, 0.6) is 0 Å². The average Bonchev–Trinajstić information content (AvgIpc) is 3.17. The van der Waals surface area contributed by atoms with Crippen LogP contribution < -0.4 is 11.3 Å². The average molecular weight is 420 g/mol. The number of anilines is 1. The smallest absolute Gasteiger partial charge is 0.283 e. The molecule has 1 atom stereocenters. The number of ether oxygens (including phenoxy) is 1. The molecule has 3 aromatic rings. The number of rotatable bonds is 5. The lowest BCUT2D eigenvalue weighted by molar-refractivity contribution is -0.114. The third kappa shape index (κ3) is 3.57. The van der Waals surface area contributed by atoms with Crippen LogP contribution in [0.4, 0.5) is 5.82 Å². The first-order valence-corrected chi connectivity index (χ1v) is 10.3. The van der Waals surface area contributed by atoms with Crippen molar-refractivity contribution in [3.63, 3.8) is 0 Å². The van der Waals surface area contributed by atoms with Gasteiger partial charge in [-0.25, -0.2) is 0 Å². The SMILES string of the molecule is CC[C@H](c1ccccc1)c1nn2c(N)c(C=C3C=CC(=O)C(OC)=C3)c(=O)nc2s1. The van der Waals surface area contributed by atoms with Crippen LogP contribution in [0.25, 0.3) is 11.0 Å². The molecule has 30 heavy (non-hydrogen) atoms. The second kappa shape index (κ2) is 8.08. The number of methoxy groups -OCH3 is 1. The van der Waals surface area contributed by atoms with Crippen molar-refractivity contribution in [3.05, 3.63) is 86.4 Å². The van der Waals surface area contributed by atoms with E-state index in [0.29, 0.717) is 10.5 Å². The highest BCUT2D eigenvalue weighted by Crippen LogP contribution is 2.31. The van der Waals surface area contributed by atoms with Crippen molar-refractivity contribution < 1.29 is 9.53 Å². The van der Waals surface area contributed by atoms with Crippen LogP contribution in [0.15, 0.2) is 64.7 Å². The summed E-state index contributed by atoms with van der Waals surface area (Å²) in [4.78, 5) is 29.0. The van der Waals surface area contributed by atoms with Gasteiger partial charge in [0.05, 0.1) is 12.7 Å². The summed E-state index contributed by atoms with van der Waals surface area (Å²) < 4.78 is 6.58. The van der Waals surface area contributed by atoms with Gasteiger partial charge in [-0.15, -0.1) is 0 Å². The zero-order valence-corrected chi connectivity index (χ0v) is 17.3. The quantitative estimate of drug-likeness (QED) is 0.680. The largest absolute Gasteiger partial charge is 0.493 e. The van der Waals surface area contributed by atoms with Gasteiger partial charge in [0.1, 0.15) is 10.8 Å². The number of carbonyl (C=O) groups excluding carboxylic acids is 1. The number of ketones is 1. The van der Waals surface area contributed by atoms with E-state index in [1.165, 1.54) is 29.0 Å². The molecule has 0 saturated heterocycles. The summed E-state index contributed by atoms with van der Waals surface area (Å²) in [5.41, 5.74) is 7.85. The highest BCUT2D eigenvalue weighted by Gasteiger charge is 2.20. The molecule has 0 amide bonds. The summed E-state index contributed by atoms with van der Waals surface area (Å²) in [6.45, 7) is 2.09. The standard InChI is InChI=1S/C22H20N4O3S/c1-3-15(14-7-5-4-6-8-14)21-25-26-19(23)16(20(28)24-22(26)30-21)11-13-9-10-17(27)18(12-13)29-2/h4-12,15H,3,23H2,1-2H3/t15-/m1/s1. The molecule has 1 aliphatic rings. The minimum Gasteiger partial charge on any atom is -0.493 e. The van der Waals surface area contributed by atoms with Crippen molar-refractivity contribution >= 4 is 34.0 Å². The third-order valence-electron chi connectivity index (χ3n) is 4.91. The first-order chi connectivity index (χ1) is 14.5. The summed E-state index contributed by atoms with van der Waals surface area (Å²) in [5, 5.41) is 5.51. The van der Waals surface area contributed by atoms with Gasteiger partial charge in [-0.3, -0.25) is 9.59 Å². The Balaban J connectivity index is 1.80. The molecule has 0 radical (unpaired) electrons. The summed E-state index contributed by atoms with van der Waals surface area (Å²) in [6, 6.07) is 10.1. The maximum atomic E-state index is 12.6. The zero-order chi connectivity index (χ0) is 21.3. The molecular weight excluding hydrogens is 400 g/mol. The molecule has 0 unspecified atom stereocenters. The van der Waals surface area contributed by atoms with Crippen LogP contribution in [-0.4, -0.2) is 27.5 Å². The maximum absolute atomic E-state index is 12.6. The fraction of sp³-hybridized carbons (Fsp3) is 0.182. The molecule has 0 aliphatic heterocycles. The number of nitrogens with two attached hydrogens (primary N) is 1. The van der Waals surface area contributed by atoms with Gasteiger partial charge in [0.25, 0.3) is 5.56 Å². The van der Waals surface area contributed by atoms with E-state index in [-0.39, 0.29) is 28.8 Å². The van der Waals surface area contributed by atoms with Gasteiger partial charge < -0.3 is 10.5 Å². The first kappa shape index (κ1) is 19.8. The summed E-state index contributed by atoms with van der Waals surface area (Å²) in [7, 11) is 1.42. The fourth-order valence-corrected chi connectivity index (χ4v) is 4.46. The second-order valence-corrected chi connectivity index (χ2v) is 7.76. The lowest BCUT2D eigenvalue weighted by Crippen LogP contribution is -2.17. The number of carbonyl (C=O) groups is 1. The normalized spacial score (nSPS) is 16.1. The van der Waals surface area contributed by atoms with Crippen LogP contribution >= 0.6 is 11.3 Å². The Labute approximate surface area is 176 Å². The van der Waals surface area contributed by atoms with Crippen molar-refractivity contribution in [2.45, 2.75) is 19.3 Å². The number of benzene rings is 1. The molecule has 2 aromatic heterocycles. The minimum atomic E-state index is -0.444. The summed E-state index contributed by atoms with van der Waals surface area (Å²) in [6.07, 6.45) is 7.00. The lowest BCUT2D eigenvalue weighted by atomic mass is 9.97. The Bertz CT molecular complexity index is 1270. The Hall–Kier alpha value is -3.52. The van der Waals surface area contributed by atoms with Crippen LogP contribution in [0.3, 0.4) is 0 Å². The third-order valence-corrected chi connectivity index (χ3v) is 5.94. The fourth-order valence-electron chi connectivity index (χ4n) is 3.35. The molecule has 2 N–H and O–H groups in total. The van der Waals surface area contributed by atoms with Gasteiger partial charge >= 0.3 is 0 Å². The number of allylic oxidation sites excluding steroid dienone is 4. The highest BCUT2D eigenvalue weighted by molar-refractivity contribution is 7.16. The molecule has 0 saturated carbocycles. The molecule has 1 aromatic carbocycles. The number of nitrogen functional groups attached to an aromatic ring is 1. The Kier molecular flexibility index (Phi) is 5.33. The van der Waals surface area contributed by atoms with E-state index < -0.39 is 5.56 Å². The molecule has 152 valence electrons. The minimum absolute atomic E-state index is 0.0914. The molecule has 0 fully saturated rings. The predicted molar refractivity (Wildman–Crippen MR) is 117 cm³/mol. The van der Waals surface area contributed by atoms with Crippen LogP contribution in [0, 0.1) is 0 Å². The van der Waals surface area contributed by atoms with Gasteiger partial charge in [0.15, 0.2) is 5.76 Å². The van der Waals surface area contributed by atoms with Crippen molar-refractivity contribution in [2.24, 2.45) is 0 Å². The Morgan fingerprint density at radius 2 is 2.00 bits per heavy atom. The number of fused-ring (bicyclic) bond motifs is 1. The molecule has 7 nitrogen and oxygen atoms in total. The van der Waals surface area contributed by atoms with Crippen LogP contribution in [0.2, 0.25) is 0 Å². The van der Waals surface area contributed by atoms with Gasteiger partial charge in [-0.2, -0.15) is 14.6 Å². The summed E-state index contributed by atoms with van der Waals surface area (Å²) in [5.74, 6) is 0.263. The predicted octanol–water partition coefficient (Wildman–Crippen LogP) is 3.33. The number of hydrogen-bond donors (Lipinski definition) is 1. The van der Waals surface area contributed by atoms with E-state index in [1.807, 2.05) is 18.2 Å². The van der Waals surface area contributed by atoms with E-state index in [0.717, 1.165) is 17.0 Å². The van der Waals surface area contributed by atoms with E-state index in [2.05, 4.69) is 29.1 Å². The van der Waals surface area contributed by atoms with E-state index in [4.69, 9.17) is 10.5 Å². The van der Waals surface area contributed by atoms with Crippen molar-refractivity contribution in [3.8, 4) is 0 Å². The Morgan fingerprint density at radius 3 is 2.70 bits per heavy atom. The number of hydrogen-bond acceptors (Lipinski definition) is 7. The molecule has 0 bridgehead atoms. The molecule has 0 spiro atoms. The van der Waals surface area contributed by atoms with E-state index in [1.54, 1.807) is 18.2 Å². The molecule has 2 heterocycles. The second-order valence-electron chi connectivity index (χ2n) is 6.78. The monoisotopic (exact) mass is 420 g/mol. The molecular formula is C22H20N4O3S. The maximum Gasteiger partial charge on any atom is 0.283 e. The molecule has 8 heteroatoms. The Morgan fingerprint density at radius 1 is 1.23 bits per heavy atom. The van der Waals surface area contributed by atoms with Gasteiger partial charge in [-0.05, 0) is 35.8 Å². The number of aromatic nitrogens is 3. The van der Waals surface area contributed by atoms with Gasteiger partial charge in [-0.1, -0.05) is 54.7 Å². The van der Waals surface area contributed by atoms with Crippen molar-refractivity contribution in [1.82, 2.24) is 14.6 Å². The van der Waals surface area contributed by atoms with E-state index >= 15 is 0 Å². The summed E-state index contributed by atoms with van der Waals surface area (Å²) >= 11 is 1.36. The molecule has 1 aliphatic carbocycles. The van der Waals surface area contributed by atoms with Crippen LogP contribution in [0.1, 0.15) is 35.4 Å². The first-order valence-electron chi connectivity index (χ1n) is 9.45. The van der Waals surface area contributed by atoms with Gasteiger partial charge in [0, 0.05) is 5.92 Å². The molecule has 4 rings (SSSR count).